The molecule has 1 fully saturated rings. The fourth-order valence-electron chi connectivity index (χ4n) is 4.30. The average Bonchev–Trinajstić information content (AvgIpc) is 3.60. The smallest absolute Gasteiger partial charge is 0.228 e. The molecule has 1 unspecified atom stereocenters. The first-order valence-electron chi connectivity index (χ1n) is 11.3. The molecule has 0 aromatic carbocycles. The predicted molar refractivity (Wildman–Crippen MR) is 132 cm³/mol. The Kier molecular flexibility index (Phi) is 6.71. The lowest BCUT2D eigenvalue weighted by Crippen LogP contribution is -2.30. The van der Waals surface area contributed by atoms with Gasteiger partial charge in [-0.25, -0.2) is 15.0 Å². The van der Waals surface area contributed by atoms with E-state index in [1.807, 2.05) is 33.8 Å². The van der Waals surface area contributed by atoms with E-state index < -0.39 is 0 Å². The maximum atomic E-state index is 12.9. The average molecular weight is 525 g/mol. The van der Waals surface area contributed by atoms with Crippen LogP contribution in [0.25, 0.3) is 5.65 Å². The summed E-state index contributed by atoms with van der Waals surface area (Å²) in [4.78, 5) is 29.4. The van der Waals surface area contributed by atoms with E-state index in [2.05, 4.69) is 25.3 Å². The highest BCUT2D eigenvalue weighted by atomic mass is 35.5. The fraction of sp³-hybridized carbons (Fsp3) is 0.348. The SMILES string of the molecule is CN(Cc1cn(CC2CCN(C(=O)Cc3cn4cc(Cl)cc(Cl)c4n3)C2)nn1)c1cnc(C#N)cn1. The van der Waals surface area contributed by atoms with E-state index in [9.17, 15) is 4.79 Å². The number of imidazole rings is 1. The van der Waals surface area contributed by atoms with Crippen molar-refractivity contribution in [3.63, 3.8) is 0 Å². The van der Waals surface area contributed by atoms with E-state index in [1.165, 1.54) is 6.20 Å². The zero-order valence-electron chi connectivity index (χ0n) is 19.4. The van der Waals surface area contributed by atoms with E-state index in [0.717, 1.165) is 12.1 Å². The third kappa shape index (κ3) is 5.24. The molecule has 13 heteroatoms. The summed E-state index contributed by atoms with van der Waals surface area (Å²) in [6.45, 7) is 2.55. The summed E-state index contributed by atoms with van der Waals surface area (Å²) in [5.74, 6) is 0.969. The minimum Gasteiger partial charge on any atom is -0.352 e. The highest BCUT2D eigenvalue weighted by Gasteiger charge is 2.27. The van der Waals surface area contributed by atoms with Crippen molar-refractivity contribution in [2.75, 3.05) is 25.0 Å². The van der Waals surface area contributed by atoms with Crippen LogP contribution < -0.4 is 4.90 Å². The number of hydrogen-bond donors (Lipinski definition) is 0. The second kappa shape index (κ2) is 10.1. The van der Waals surface area contributed by atoms with E-state index in [0.29, 0.717) is 59.3 Å². The maximum Gasteiger partial charge on any atom is 0.228 e. The van der Waals surface area contributed by atoms with E-state index in [1.54, 1.807) is 29.1 Å². The second-order valence-corrected chi connectivity index (χ2v) is 9.64. The number of carbonyl (C=O) groups is 1. The monoisotopic (exact) mass is 524 g/mol. The number of nitriles is 1. The highest BCUT2D eigenvalue weighted by Crippen LogP contribution is 2.23. The van der Waals surface area contributed by atoms with Gasteiger partial charge >= 0.3 is 0 Å². The van der Waals surface area contributed by atoms with Gasteiger partial charge in [0.2, 0.25) is 5.91 Å². The number of anilines is 1. The van der Waals surface area contributed by atoms with Crippen LogP contribution in [0, 0.1) is 17.2 Å². The van der Waals surface area contributed by atoms with Gasteiger partial charge in [0.05, 0.1) is 47.3 Å². The van der Waals surface area contributed by atoms with Crippen LogP contribution in [-0.2, 0) is 24.3 Å². The Morgan fingerprint density at radius 1 is 1.22 bits per heavy atom. The van der Waals surface area contributed by atoms with Gasteiger partial charge in [-0.05, 0) is 18.4 Å². The number of rotatable bonds is 7. The van der Waals surface area contributed by atoms with Crippen LogP contribution in [0.5, 0.6) is 0 Å². The lowest BCUT2D eigenvalue weighted by Gasteiger charge is -2.16. The molecule has 0 saturated carbocycles. The van der Waals surface area contributed by atoms with Crippen LogP contribution in [0.3, 0.4) is 0 Å². The predicted octanol–water partition coefficient (Wildman–Crippen LogP) is 2.62. The molecule has 11 nitrogen and oxygen atoms in total. The van der Waals surface area contributed by atoms with Crippen LogP contribution >= 0.6 is 23.2 Å². The minimum atomic E-state index is 0.0348. The standard InChI is InChI=1S/C23H22Cl2N10O/c1-32(21-8-27-18(6-26)7-28-21)12-19-14-35(31-30-19)10-15-2-3-33(9-15)22(36)5-17-13-34-11-16(24)4-20(25)23(34)29-17/h4,7-8,11,13-15H,2-3,5,9-10,12H2,1H3. The molecule has 1 aliphatic rings. The highest BCUT2D eigenvalue weighted by molar-refractivity contribution is 6.36. The molecule has 4 aromatic heterocycles. The number of nitrogens with zero attached hydrogens (tertiary/aromatic N) is 10. The van der Waals surface area contributed by atoms with Crippen molar-refractivity contribution in [2.24, 2.45) is 5.92 Å². The zero-order valence-corrected chi connectivity index (χ0v) is 20.9. The van der Waals surface area contributed by atoms with E-state index in [4.69, 9.17) is 28.5 Å². The molecule has 0 spiro atoms. The van der Waals surface area contributed by atoms with Gasteiger partial charge in [-0.2, -0.15) is 5.26 Å². The van der Waals surface area contributed by atoms with Gasteiger partial charge in [-0.15, -0.1) is 5.10 Å². The largest absolute Gasteiger partial charge is 0.352 e. The summed E-state index contributed by atoms with van der Waals surface area (Å²) in [6.07, 6.45) is 9.52. The quantitative estimate of drug-likeness (QED) is 0.361. The first-order valence-corrected chi connectivity index (χ1v) is 12.1. The van der Waals surface area contributed by atoms with Gasteiger partial charge in [0.1, 0.15) is 17.6 Å². The Labute approximate surface area is 216 Å². The first kappa shape index (κ1) is 24.0. The number of amides is 1. The van der Waals surface area contributed by atoms with Crippen molar-refractivity contribution in [3.05, 3.63) is 64.2 Å². The third-order valence-electron chi connectivity index (χ3n) is 6.07. The Morgan fingerprint density at radius 2 is 2.08 bits per heavy atom. The Balaban J connectivity index is 1.14. The number of carbonyl (C=O) groups excluding carboxylic acids is 1. The number of hydrogen-bond acceptors (Lipinski definition) is 8. The summed E-state index contributed by atoms with van der Waals surface area (Å²) in [5, 5.41) is 18.3. The third-order valence-corrected chi connectivity index (χ3v) is 6.55. The van der Waals surface area contributed by atoms with Crippen molar-refractivity contribution in [1.29, 1.82) is 5.26 Å². The summed E-state index contributed by atoms with van der Waals surface area (Å²) in [6, 6.07) is 3.59. The molecular weight excluding hydrogens is 503 g/mol. The fourth-order valence-corrected chi connectivity index (χ4v) is 4.83. The number of halogens is 2. The van der Waals surface area contributed by atoms with Crippen LogP contribution in [-0.4, -0.2) is 65.3 Å². The summed E-state index contributed by atoms with van der Waals surface area (Å²) in [7, 11) is 1.88. The molecule has 0 aliphatic carbocycles. The minimum absolute atomic E-state index is 0.0348. The topological polar surface area (TPSA) is 121 Å². The number of pyridine rings is 1. The Hall–Kier alpha value is -3.75. The maximum absolute atomic E-state index is 12.9. The van der Waals surface area contributed by atoms with Gasteiger partial charge < -0.3 is 14.2 Å². The van der Waals surface area contributed by atoms with Crippen molar-refractivity contribution in [2.45, 2.75) is 25.9 Å². The Bertz CT molecular complexity index is 1440. The summed E-state index contributed by atoms with van der Waals surface area (Å²) >= 11 is 12.3. The summed E-state index contributed by atoms with van der Waals surface area (Å²) < 4.78 is 3.56. The second-order valence-electron chi connectivity index (χ2n) is 8.80. The van der Waals surface area contributed by atoms with Crippen molar-refractivity contribution >= 4 is 40.6 Å². The van der Waals surface area contributed by atoms with Crippen LogP contribution in [0.1, 0.15) is 23.5 Å². The number of aromatic nitrogens is 7. The van der Waals surface area contributed by atoms with Crippen LogP contribution in [0.15, 0.2) is 37.1 Å². The number of fused-ring (bicyclic) bond motifs is 1. The normalized spacial score (nSPS) is 15.4. The van der Waals surface area contributed by atoms with E-state index >= 15 is 0 Å². The van der Waals surface area contributed by atoms with Gasteiger partial charge in [0, 0.05) is 39.1 Å². The lowest BCUT2D eigenvalue weighted by molar-refractivity contribution is -0.129. The van der Waals surface area contributed by atoms with Crippen molar-refractivity contribution < 1.29 is 4.79 Å². The molecule has 0 N–H and O–H groups in total. The van der Waals surface area contributed by atoms with Crippen LogP contribution in [0.2, 0.25) is 10.0 Å². The van der Waals surface area contributed by atoms with Gasteiger partial charge in [-0.3, -0.25) is 9.48 Å². The first-order chi connectivity index (χ1) is 17.4. The Morgan fingerprint density at radius 3 is 2.86 bits per heavy atom. The molecule has 0 bridgehead atoms. The molecule has 36 heavy (non-hydrogen) atoms. The van der Waals surface area contributed by atoms with Gasteiger partial charge in [0.15, 0.2) is 11.3 Å². The van der Waals surface area contributed by atoms with Crippen LogP contribution in [0.4, 0.5) is 5.82 Å². The zero-order chi connectivity index (χ0) is 25.2. The van der Waals surface area contributed by atoms with Crippen molar-refractivity contribution in [3.8, 4) is 6.07 Å². The number of likely N-dealkylation sites (tertiary alicyclic amines) is 1. The molecule has 1 amide bonds. The molecule has 0 radical (unpaired) electrons. The molecule has 184 valence electrons. The summed E-state index contributed by atoms with van der Waals surface area (Å²) in [5.41, 5.74) is 2.31. The van der Waals surface area contributed by atoms with Gasteiger partial charge in [-0.1, -0.05) is 28.4 Å². The molecule has 5 rings (SSSR count). The molecular formula is C23H22Cl2N10O. The van der Waals surface area contributed by atoms with Crippen molar-refractivity contribution in [1.82, 2.24) is 39.2 Å². The van der Waals surface area contributed by atoms with Gasteiger partial charge in [0.25, 0.3) is 0 Å². The molecule has 4 aromatic rings. The lowest BCUT2D eigenvalue weighted by atomic mass is 10.1. The van der Waals surface area contributed by atoms with E-state index in [-0.39, 0.29) is 18.0 Å². The molecule has 1 saturated heterocycles. The molecule has 1 atom stereocenters. The molecule has 1 aliphatic heterocycles. The molecule has 5 heterocycles.